The van der Waals surface area contributed by atoms with Crippen molar-refractivity contribution in [3.05, 3.63) is 62.8 Å². The molecule has 0 amide bonds. The molecule has 1 aromatic heterocycles. The van der Waals surface area contributed by atoms with Crippen LogP contribution in [0.3, 0.4) is 0 Å². The number of phenols is 1. The zero-order valence-electron chi connectivity index (χ0n) is 16.2. The number of hydrogen-bond donors (Lipinski definition) is 1. The summed E-state index contributed by atoms with van der Waals surface area (Å²) in [4.78, 5) is 25.5. The number of aromatic nitrogens is 1. The third-order valence-electron chi connectivity index (χ3n) is 4.85. The lowest BCUT2D eigenvalue weighted by Gasteiger charge is -2.12. The molecule has 2 aromatic carbocycles. The molecule has 0 unspecified atom stereocenters. The molecule has 1 N–H and O–H groups in total. The van der Waals surface area contributed by atoms with E-state index in [-0.39, 0.29) is 44.4 Å². The predicted octanol–water partition coefficient (Wildman–Crippen LogP) is 5.60. The summed E-state index contributed by atoms with van der Waals surface area (Å²) < 4.78 is 35.1. The lowest BCUT2D eigenvalue weighted by Crippen LogP contribution is -2.16. The fourth-order valence-electron chi connectivity index (χ4n) is 3.45. The highest BCUT2D eigenvalue weighted by Crippen LogP contribution is 2.39. The van der Waals surface area contributed by atoms with Gasteiger partial charge in [-0.2, -0.15) is 0 Å². The Bertz CT molecular complexity index is 1190. The van der Waals surface area contributed by atoms with E-state index < -0.39 is 35.2 Å². The Morgan fingerprint density at radius 3 is 2.47 bits per heavy atom. The van der Waals surface area contributed by atoms with E-state index >= 15 is 0 Å². The summed E-state index contributed by atoms with van der Waals surface area (Å²) in [5, 5.41) is 9.92. The molecular weight excluding hydrogens is 439 g/mol. The summed E-state index contributed by atoms with van der Waals surface area (Å²) in [5.41, 5.74) is 0.298. The number of halogens is 4. The summed E-state index contributed by atoms with van der Waals surface area (Å²) in [6, 6.07) is 5.02. The van der Waals surface area contributed by atoms with Crippen molar-refractivity contribution in [1.82, 2.24) is 4.57 Å². The van der Waals surface area contributed by atoms with Crippen molar-refractivity contribution in [2.75, 3.05) is 6.61 Å². The number of carbonyl (C=O) groups excluding carboxylic acids is 2. The Balaban J connectivity index is 2.34. The lowest BCUT2D eigenvalue weighted by atomic mass is 9.97. The number of nitrogens with zero attached hydrogens (tertiary/aromatic N) is 1. The molecule has 0 saturated heterocycles. The fraction of sp³-hybridized carbons (Fsp3) is 0.238. The fourth-order valence-corrected chi connectivity index (χ4v) is 3.74. The molecule has 0 saturated carbocycles. The summed E-state index contributed by atoms with van der Waals surface area (Å²) >= 11 is 11.9. The smallest absolute Gasteiger partial charge is 0.313 e. The van der Waals surface area contributed by atoms with Gasteiger partial charge in [0.15, 0.2) is 17.4 Å². The number of carbonyl (C=O) groups is 2. The number of aromatic hydroxyl groups is 1. The molecule has 0 aliphatic rings. The van der Waals surface area contributed by atoms with Gasteiger partial charge < -0.3 is 9.84 Å². The van der Waals surface area contributed by atoms with Gasteiger partial charge in [0, 0.05) is 22.7 Å². The number of fused-ring (bicyclic) bond motifs is 1. The quantitative estimate of drug-likeness (QED) is 0.520. The number of rotatable bonds is 4. The van der Waals surface area contributed by atoms with Gasteiger partial charge in [0.1, 0.15) is 0 Å². The number of hydrogen-bond acceptors (Lipinski definition) is 4. The second-order valence-corrected chi connectivity index (χ2v) is 7.47. The Labute approximate surface area is 180 Å². The first kappa shape index (κ1) is 22.1. The third-order valence-corrected chi connectivity index (χ3v) is 5.59. The monoisotopic (exact) mass is 455 g/mol. The van der Waals surface area contributed by atoms with Gasteiger partial charge >= 0.3 is 5.97 Å². The van der Waals surface area contributed by atoms with E-state index in [9.17, 15) is 23.5 Å². The van der Waals surface area contributed by atoms with Crippen molar-refractivity contribution < 1.29 is 28.2 Å². The molecule has 1 atom stereocenters. The van der Waals surface area contributed by atoms with Crippen LogP contribution in [0.1, 0.15) is 41.4 Å². The van der Waals surface area contributed by atoms with Crippen molar-refractivity contribution in [3.8, 4) is 5.75 Å². The first-order valence-corrected chi connectivity index (χ1v) is 9.73. The maximum atomic E-state index is 14.9. The van der Waals surface area contributed by atoms with E-state index in [4.69, 9.17) is 27.9 Å². The maximum Gasteiger partial charge on any atom is 0.313 e. The highest BCUT2D eigenvalue weighted by Gasteiger charge is 2.31. The minimum Gasteiger partial charge on any atom is -0.503 e. The van der Waals surface area contributed by atoms with Gasteiger partial charge in [0.25, 0.3) is 5.91 Å². The second-order valence-electron chi connectivity index (χ2n) is 6.66. The van der Waals surface area contributed by atoms with Gasteiger partial charge in [-0.1, -0.05) is 23.2 Å². The first-order chi connectivity index (χ1) is 14.1. The Kier molecular flexibility index (Phi) is 6.06. The molecule has 3 rings (SSSR count). The normalized spacial score (nSPS) is 12.2. The zero-order chi connectivity index (χ0) is 22.3. The van der Waals surface area contributed by atoms with Crippen LogP contribution in [0.2, 0.25) is 10.0 Å². The second kappa shape index (κ2) is 8.24. The van der Waals surface area contributed by atoms with Crippen LogP contribution in [0.5, 0.6) is 5.75 Å². The van der Waals surface area contributed by atoms with E-state index in [0.717, 1.165) is 10.6 Å². The molecule has 9 heteroatoms. The van der Waals surface area contributed by atoms with Gasteiger partial charge in [-0.05, 0) is 44.5 Å². The van der Waals surface area contributed by atoms with Crippen molar-refractivity contribution in [1.29, 1.82) is 0 Å². The van der Waals surface area contributed by atoms with Crippen LogP contribution in [-0.4, -0.2) is 28.2 Å². The third kappa shape index (κ3) is 3.52. The molecule has 0 aliphatic carbocycles. The largest absolute Gasteiger partial charge is 0.503 e. The van der Waals surface area contributed by atoms with Gasteiger partial charge in [-0.15, -0.1) is 0 Å². The van der Waals surface area contributed by atoms with Crippen molar-refractivity contribution in [2.24, 2.45) is 0 Å². The van der Waals surface area contributed by atoms with Crippen LogP contribution >= 0.6 is 23.2 Å². The van der Waals surface area contributed by atoms with Gasteiger partial charge in [0.2, 0.25) is 0 Å². The van der Waals surface area contributed by atoms with Gasteiger partial charge in [0.05, 0.1) is 28.1 Å². The maximum absolute atomic E-state index is 14.9. The minimum atomic E-state index is -1.26. The van der Waals surface area contributed by atoms with Crippen molar-refractivity contribution in [2.45, 2.75) is 26.7 Å². The summed E-state index contributed by atoms with van der Waals surface area (Å²) in [6.07, 6.45) is 0. The van der Waals surface area contributed by atoms with Gasteiger partial charge in [-0.3, -0.25) is 14.2 Å². The number of benzene rings is 2. The van der Waals surface area contributed by atoms with Crippen LogP contribution in [0.25, 0.3) is 10.9 Å². The Hall–Kier alpha value is -2.64. The molecule has 0 aliphatic heterocycles. The highest BCUT2D eigenvalue weighted by molar-refractivity contribution is 6.42. The minimum absolute atomic E-state index is 0.103. The molecule has 0 spiro atoms. The number of phenolic OH excluding ortho intramolecular Hbond substituents is 1. The molecule has 0 radical (unpaired) electrons. The van der Waals surface area contributed by atoms with Gasteiger partial charge in [-0.25, -0.2) is 8.78 Å². The zero-order valence-corrected chi connectivity index (χ0v) is 17.7. The van der Waals surface area contributed by atoms with E-state index in [1.165, 1.54) is 32.0 Å². The highest BCUT2D eigenvalue weighted by atomic mass is 35.5. The number of ether oxygens (including phenoxy) is 1. The lowest BCUT2D eigenvalue weighted by molar-refractivity contribution is -0.144. The summed E-state index contributed by atoms with van der Waals surface area (Å²) in [6.45, 7) is 4.70. The topological polar surface area (TPSA) is 68.5 Å². The van der Waals surface area contributed by atoms with Crippen LogP contribution < -0.4 is 0 Å². The predicted molar refractivity (Wildman–Crippen MR) is 109 cm³/mol. The molecule has 0 bridgehead atoms. The van der Waals surface area contributed by atoms with Crippen LogP contribution in [0.15, 0.2) is 24.3 Å². The van der Waals surface area contributed by atoms with E-state index in [1.807, 2.05) is 0 Å². The van der Waals surface area contributed by atoms with E-state index in [2.05, 4.69) is 0 Å². The molecule has 5 nitrogen and oxygen atoms in total. The molecule has 0 fully saturated rings. The Morgan fingerprint density at radius 2 is 1.87 bits per heavy atom. The van der Waals surface area contributed by atoms with Crippen molar-refractivity contribution >= 4 is 46.0 Å². The average molecular weight is 456 g/mol. The standard InChI is InChI=1S/C21H17Cl2F2NO4/c1-4-30-21(29)9(2)16-10(3)26(15-8-14(24)19(27)18(25)17(15)16)20(28)11-5-6-12(22)13(23)7-11/h5-9,27H,4H2,1-3H3/t9-/m1/s1. The molecule has 30 heavy (non-hydrogen) atoms. The van der Waals surface area contributed by atoms with Crippen LogP contribution in [0.4, 0.5) is 8.78 Å². The van der Waals surface area contributed by atoms with E-state index in [1.54, 1.807) is 6.92 Å². The first-order valence-electron chi connectivity index (χ1n) is 8.98. The van der Waals surface area contributed by atoms with E-state index in [0.29, 0.717) is 0 Å². The van der Waals surface area contributed by atoms with Crippen LogP contribution in [0, 0.1) is 18.6 Å². The molecule has 158 valence electrons. The average Bonchev–Trinajstić information content (AvgIpc) is 2.99. The van der Waals surface area contributed by atoms with Crippen molar-refractivity contribution in [3.63, 3.8) is 0 Å². The molecule has 3 aromatic rings. The molecular formula is C21H17Cl2F2NO4. The Morgan fingerprint density at radius 1 is 1.20 bits per heavy atom. The summed E-state index contributed by atoms with van der Waals surface area (Å²) in [7, 11) is 0. The SMILES string of the molecule is CCOC(=O)[C@H](C)c1c(C)n(C(=O)c2ccc(Cl)c(Cl)c2)c2cc(F)c(O)c(F)c12. The number of esters is 1. The molecule has 1 heterocycles. The van der Waals surface area contributed by atoms with Crippen LogP contribution in [-0.2, 0) is 9.53 Å². The summed E-state index contributed by atoms with van der Waals surface area (Å²) in [5.74, 6) is -5.96.